The number of hydrogen-bond donors (Lipinski definition) is 0. The van der Waals surface area contributed by atoms with Crippen LogP contribution < -0.4 is 0 Å². The average Bonchev–Trinajstić information content (AvgIpc) is 2.55. The van der Waals surface area contributed by atoms with Gasteiger partial charge in [0.1, 0.15) is 0 Å². The van der Waals surface area contributed by atoms with E-state index in [1.54, 1.807) is 0 Å². The van der Waals surface area contributed by atoms with Crippen LogP contribution in [0.4, 0.5) is 0 Å². The predicted octanol–water partition coefficient (Wildman–Crippen LogP) is 8.66. The lowest BCUT2D eigenvalue weighted by Gasteiger charge is -2.15. The van der Waals surface area contributed by atoms with Crippen molar-refractivity contribution in [2.24, 2.45) is 5.92 Å². The molecule has 0 amide bonds. The van der Waals surface area contributed by atoms with Gasteiger partial charge in [0.15, 0.2) is 0 Å². The Morgan fingerprint density at radius 3 is 1.05 bits per heavy atom. The zero-order valence-corrected chi connectivity index (χ0v) is 16.6. The van der Waals surface area contributed by atoms with Crippen molar-refractivity contribution in [1.82, 2.24) is 0 Å². The standard InChI is InChI=1S/C7H14.C4H10.C3H8.2C2H6.C2H4/c1-7-5-3-2-4-6-7;1-3-4-2;1-3-2;3*1-2/h7H,2-6H2,1H3;3-4H2,1-2H3;3H2,1-2H3;2*1-2H3;1-2H2. The summed E-state index contributed by atoms with van der Waals surface area (Å²) < 4.78 is 0. The summed E-state index contributed by atoms with van der Waals surface area (Å²) in [6, 6.07) is 0. The lowest BCUT2D eigenvalue weighted by Crippen LogP contribution is -1.99. The van der Waals surface area contributed by atoms with Crippen LogP contribution in [-0.2, 0) is 0 Å². The first-order valence-corrected chi connectivity index (χ1v) is 9.22. The Labute approximate surface area is 133 Å². The van der Waals surface area contributed by atoms with Gasteiger partial charge in [0, 0.05) is 0 Å². The maximum atomic E-state index is 3.00. The van der Waals surface area contributed by atoms with E-state index in [9.17, 15) is 0 Å². The van der Waals surface area contributed by atoms with Gasteiger partial charge in [-0.1, -0.05) is 114 Å². The molecule has 1 saturated carbocycles. The number of unbranched alkanes of at least 4 members (excludes halogenated alkanes) is 1. The second-order valence-electron chi connectivity index (χ2n) is 4.45. The molecule has 1 aliphatic carbocycles. The topological polar surface area (TPSA) is 0 Å². The van der Waals surface area contributed by atoms with Crippen LogP contribution in [0.2, 0.25) is 0 Å². The molecule has 0 unspecified atom stereocenters. The average molecular weight is 289 g/mol. The molecule has 0 aromatic heterocycles. The molecule has 0 spiro atoms. The van der Waals surface area contributed by atoms with Crippen LogP contribution in [0.25, 0.3) is 0 Å². The first-order chi connectivity index (χ1) is 9.72. The van der Waals surface area contributed by atoms with Crippen molar-refractivity contribution in [3.63, 3.8) is 0 Å². The summed E-state index contributed by atoms with van der Waals surface area (Å²) in [5.74, 6) is 1.04. The molecule has 0 aromatic carbocycles. The van der Waals surface area contributed by atoms with Gasteiger partial charge in [-0.05, 0) is 5.92 Å². The second-order valence-corrected chi connectivity index (χ2v) is 4.45. The smallest absolute Gasteiger partial charge is 0.0443 e. The molecule has 0 radical (unpaired) electrons. The minimum atomic E-state index is 1.04. The van der Waals surface area contributed by atoms with Crippen LogP contribution in [-0.4, -0.2) is 0 Å². The summed E-state index contributed by atoms with van der Waals surface area (Å²) in [6.45, 7) is 25.0. The summed E-state index contributed by atoms with van der Waals surface area (Å²) in [6.07, 6.45) is 11.3. The quantitative estimate of drug-likeness (QED) is 0.423. The SMILES string of the molecule is C=C.CC.CC.CC1CCCCC1.CCC.CCCC. The molecule has 0 heteroatoms. The maximum absolute atomic E-state index is 3.00. The van der Waals surface area contributed by atoms with Gasteiger partial charge in [-0.25, -0.2) is 0 Å². The number of hydrogen-bond acceptors (Lipinski definition) is 0. The van der Waals surface area contributed by atoms with E-state index in [-0.39, 0.29) is 0 Å². The fourth-order valence-electron chi connectivity index (χ4n) is 1.31. The molecule has 128 valence electrons. The van der Waals surface area contributed by atoms with E-state index in [4.69, 9.17) is 0 Å². The third-order valence-corrected chi connectivity index (χ3v) is 2.39. The van der Waals surface area contributed by atoms with Gasteiger partial charge in [0.25, 0.3) is 0 Å². The molecule has 1 aliphatic rings. The highest BCUT2D eigenvalue weighted by atomic mass is 14.1. The molecule has 1 fully saturated rings. The first-order valence-electron chi connectivity index (χ1n) is 9.22. The molecule has 0 aliphatic heterocycles. The first kappa shape index (κ1) is 31.9. The van der Waals surface area contributed by atoms with Crippen LogP contribution in [0.1, 0.15) is 114 Å². The predicted molar refractivity (Wildman–Crippen MR) is 103 cm³/mol. The summed E-state index contributed by atoms with van der Waals surface area (Å²) in [5, 5.41) is 0. The monoisotopic (exact) mass is 288 g/mol. The van der Waals surface area contributed by atoms with E-state index in [1.165, 1.54) is 51.4 Å². The fraction of sp³-hybridized carbons (Fsp3) is 0.900. The lowest BCUT2D eigenvalue weighted by atomic mass is 9.91. The van der Waals surface area contributed by atoms with Crippen molar-refractivity contribution >= 4 is 0 Å². The van der Waals surface area contributed by atoms with E-state index in [2.05, 4.69) is 47.8 Å². The van der Waals surface area contributed by atoms with Crippen molar-refractivity contribution in [3.05, 3.63) is 13.2 Å². The van der Waals surface area contributed by atoms with Crippen LogP contribution in [0.3, 0.4) is 0 Å². The summed E-state index contributed by atoms with van der Waals surface area (Å²) in [7, 11) is 0. The van der Waals surface area contributed by atoms with Gasteiger partial charge in [-0.3, -0.25) is 0 Å². The molecule has 20 heavy (non-hydrogen) atoms. The lowest BCUT2D eigenvalue weighted by molar-refractivity contribution is 0.385. The molecule has 1 rings (SSSR count). The van der Waals surface area contributed by atoms with Gasteiger partial charge < -0.3 is 0 Å². The zero-order chi connectivity index (χ0) is 17.2. The van der Waals surface area contributed by atoms with Gasteiger partial charge in [0.05, 0.1) is 0 Å². The third-order valence-electron chi connectivity index (χ3n) is 2.39. The van der Waals surface area contributed by atoms with Gasteiger partial charge in [0.2, 0.25) is 0 Å². The normalized spacial score (nSPS) is 12.1. The summed E-state index contributed by atoms with van der Waals surface area (Å²) in [4.78, 5) is 0. The molecule has 0 bridgehead atoms. The molecule has 0 nitrogen and oxygen atoms in total. The minimum Gasteiger partial charge on any atom is -0.106 e. The van der Waals surface area contributed by atoms with Crippen LogP contribution in [0, 0.1) is 5.92 Å². The number of rotatable bonds is 1. The van der Waals surface area contributed by atoms with E-state index < -0.39 is 0 Å². The Kier molecular flexibility index (Phi) is 81.6. The van der Waals surface area contributed by atoms with Crippen molar-refractivity contribution in [3.8, 4) is 0 Å². The molecule has 0 N–H and O–H groups in total. The molecule has 0 aromatic rings. The van der Waals surface area contributed by atoms with Gasteiger partial charge in [-0.15, -0.1) is 13.2 Å². The van der Waals surface area contributed by atoms with Crippen LogP contribution in [0.15, 0.2) is 13.2 Å². The van der Waals surface area contributed by atoms with Crippen molar-refractivity contribution in [2.45, 2.75) is 114 Å². The minimum absolute atomic E-state index is 1.04. The van der Waals surface area contributed by atoms with Gasteiger partial charge in [-0.2, -0.15) is 0 Å². The Morgan fingerprint density at radius 1 is 0.700 bits per heavy atom. The highest BCUT2D eigenvalue weighted by Gasteiger charge is 2.05. The van der Waals surface area contributed by atoms with Gasteiger partial charge >= 0.3 is 0 Å². The summed E-state index contributed by atoms with van der Waals surface area (Å²) >= 11 is 0. The highest BCUT2D eigenvalue weighted by molar-refractivity contribution is 4.59. The second kappa shape index (κ2) is 51.1. The Balaban J connectivity index is -0.0000000505. The van der Waals surface area contributed by atoms with Crippen molar-refractivity contribution in [1.29, 1.82) is 0 Å². The largest absolute Gasteiger partial charge is 0.106 e. The third kappa shape index (κ3) is 65.1. The van der Waals surface area contributed by atoms with E-state index in [0.717, 1.165) is 5.92 Å². The van der Waals surface area contributed by atoms with E-state index >= 15 is 0 Å². The molecule has 0 atom stereocenters. The van der Waals surface area contributed by atoms with E-state index in [0.29, 0.717) is 0 Å². The van der Waals surface area contributed by atoms with Crippen molar-refractivity contribution < 1.29 is 0 Å². The molecular weight excluding hydrogens is 240 g/mol. The van der Waals surface area contributed by atoms with Crippen LogP contribution in [0.5, 0.6) is 0 Å². The van der Waals surface area contributed by atoms with Crippen molar-refractivity contribution in [2.75, 3.05) is 0 Å². The highest BCUT2D eigenvalue weighted by Crippen LogP contribution is 2.22. The summed E-state index contributed by atoms with van der Waals surface area (Å²) in [5.41, 5.74) is 0. The molecule has 0 heterocycles. The maximum Gasteiger partial charge on any atom is -0.0443 e. The Bertz CT molecular complexity index is 78.0. The Morgan fingerprint density at radius 2 is 0.950 bits per heavy atom. The van der Waals surface area contributed by atoms with E-state index in [1.807, 2.05) is 27.7 Å². The van der Waals surface area contributed by atoms with Crippen LogP contribution >= 0.6 is 0 Å². The molecular formula is C20H48. The Hall–Kier alpha value is -0.260. The fourth-order valence-corrected chi connectivity index (χ4v) is 1.31. The zero-order valence-electron chi connectivity index (χ0n) is 16.6. The molecule has 0 saturated heterocycles.